The number of esters is 3. The first kappa shape index (κ1) is 28.6. The van der Waals surface area contributed by atoms with Crippen LogP contribution in [0.2, 0.25) is 0 Å². The van der Waals surface area contributed by atoms with Crippen LogP contribution in [0.5, 0.6) is 5.75 Å². The Kier molecular flexibility index (Phi) is 9.97. The maximum atomic E-state index is 12.5. The molecule has 0 bridgehead atoms. The zero-order valence-corrected chi connectivity index (χ0v) is 24.0. The van der Waals surface area contributed by atoms with Crippen LogP contribution < -0.4 is 4.74 Å². The van der Waals surface area contributed by atoms with E-state index in [1.807, 2.05) is 67.8 Å². The predicted octanol–water partition coefficient (Wildman–Crippen LogP) is 3.59. The van der Waals surface area contributed by atoms with Crippen LogP contribution in [-0.4, -0.2) is 49.0 Å². The largest absolute Gasteiger partial charge is 0.458 e. The molecule has 0 aliphatic carbocycles. The van der Waals surface area contributed by atoms with E-state index in [-0.39, 0.29) is 11.3 Å². The van der Waals surface area contributed by atoms with Crippen molar-refractivity contribution in [3.63, 3.8) is 0 Å². The normalized spacial score (nSPS) is 11.0. The molecule has 0 amide bonds. The minimum atomic E-state index is -4.72. The summed E-state index contributed by atoms with van der Waals surface area (Å²) in [5.41, 5.74) is -1.31. The van der Waals surface area contributed by atoms with E-state index in [1.54, 1.807) is 6.07 Å². The summed E-state index contributed by atoms with van der Waals surface area (Å²) >= 11 is 5.71. The predicted molar refractivity (Wildman–Crippen MR) is 139 cm³/mol. The van der Waals surface area contributed by atoms with Gasteiger partial charge < -0.3 is 14.2 Å². The first-order valence-electron chi connectivity index (χ1n) is 8.70. The molecular formula is C18H12I3NO11S. The Balaban J connectivity index is 2.09. The van der Waals surface area contributed by atoms with Gasteiger partial charge in [-0.05, 0) is 86.0 Å². The molecule has 2 rings (SSSR count). The van der Waals surface area contributed by atoms with Gasteiger partial charge in [-0.25, -0.2) is 9.59 Å². The molecule has 0 saturated heterocycles. The number of nitro groups is 1. The number of halogens is 3. The summed E-state index contributed by atoms with van der Waals surface area (Å²) in [6, 6.07) is 3.77. The maximum absolute atomic E-state index is 12.5. The van der Waals surface area contributed by atoms with E-state index in [1.165, 1.54) is 6.92 Å². The van der Waals surface area contributed by atoms with Gasteiger partial charge in [0, 0.05) is 16.6 Å². The minimum Gasteiger partial charge on any atom is -0.458 e. The van der Waals surface area contributed by atoms with E-state index in [9.17, 15) is 32.9 Å². The van der Waals surface area contributed by atoms with Gasteiger partial charge in [0.25, 0.3) is 15.8 Å². The maximum Gasteiger partial charge on any atom is 0.345 e. The summed E-state index contributed by atoms with van der Waals surface area (Å²) < 4.78 is 47.9. The average molecular weight is 831 g/mol. The van der Waals surface area contributed by atoms with Crippen molar-refractivity contribution in [2.75, 3.05) is 13.2 Å². The van der Waals surface area contributed by atoms with Gasteiger partial charge in [0.2, 0.25) is 0 Å². The van der Waals surface area contributed by atoms with Crippen molar-refractivity contribution >= 4 is 101 Å². The highest BCUT2D eigenvalue weighted by Crippen LogP contribution is 2.34. The Morgan fingerprint density at radius 3 is 2.15 bits per heavy atom. The minimum absolute atomic E-state index is 0.139. The van der Waals surface area contributed by atoms with Crippen LogP contribution in [0.15, 0.2) is 29.2 Å². The monoisotopic (exact) mass is 831 g/mol. The third-order valence-corrected chi connectivity index (χ3v) is 7.34. The van der Waals surface area contributed by atoms with Crippen molar-refractivity contribution < 1.29 is 46.5 Å². The van der Waals surface area contributed by atoms with Gasteiger partial charge in [-0.15, -0.1) is 0 Å². The Hall–Kier alpha value is -1.65. The SMILES string of the molecule is CC(=O)Oc1c(I)cc(I)c(C(=O)OCCOC(=O)c2ccc(S(=O)(=O)O)cc2[N+](=O)[O-])c1I. The number of hydrogen-bond acceptors (Lipinski definition) is 10. The molecule has 0 aliphatic heterocycles. The van der Waals surface area contributed by atoms with Crippen LogP contribution in [0, 0.1) is 20.8 Å². The van der Waals surface area contributed by atoms with Gasteiger partial charge in [0.1, 0.15) is 23.7 Å². The van der Waals surface area contributed by atoms with Crippen molar-refractivity contribution in [2.45, 2.75) is 11.8 Å². The molecule has 0 heterocycles. The summed E-state index contributed by atoms with van der Waals surface area (Å²) in [5.74, 6) is -2.31. The summed E-state index contributed by atoms with van der Waals surface area (Å²) in [4.78, 5) is 45.5. The number of hydrogen-bond donors (Lipinski definition) is 1. The number of nitrogens with zero attached hydrogens (tertiary/aromatic N) is 1. The standard InChI is InChI=1S/C18H12I3NO11S/c1-8(23)33-16-12(20)7-11(19)14(15(16)21)18(25)32-5-4-31-17(24)10-3-2-9(34(28,29)30)6-13(10)22(26)27/h2-3,6-7H,4-5H2,1H3,(H,28,29,30). The molecule has 2 aromatic carbocycles. The van der Waals surface area contributed by atoms with Crippen molar-refractivity contribution in [1.82, 2.24) is 0 Å². The van der Waals surface area contributed by atoms with Crippen LogP contribution in [-0.2, 0) is 24.4 Å². The highest BCUT2D eigenvalue weighted by molar-refractivity contribution is 14.1. The second-order valence-corrected chi connectivity index (χ2v) is 11.0. The Morgan fingerprint density at radius 2 is 1.62 bits per heavy atom. The molecule has 0 unspecified atom stereocenters. The van der Waals surface area contributed by atoms with Crippen LogP contribution >= 0.6 is 67.8 Å². The molecule has 182 valence electrons. The molecule has 16 heteroatoms. The highest BCUT2D eigenvalue weighted by atomic mass is 127. The number of benzene rings is 2. The van der Waals surface area contributed by atoms with E-state index in [2.05, 4.69) is 0 Å². The van der Waals surface area contributed by atoms with Crippen LogP contribution in [0.4, 0.5) is 5.69 Å². The lowest BCUT2D eigenvalue weighted by molar-refractivity contribution is -0.385. The molecule has 0 atom stereocenters. The number of nitro benzene ring substituents is 1. The lowest BCUT2D eigenvalue weighted by atomic mass is 10.2. The molecule has 0 fully saturated rings. The summed E-state index contributed by atoms with van der Waals surface area (Å²) in [6.45, 7) is 0.357. The van der Waals surface area contributed by atoms with E-state index in [0.717, 1.165) is 12.1 Å². The topological polar surface area (TPSA) is 176 Å². The molecular weight excluding hydrogens is 819 g/mol. The Morgan fingerprint density at radius 1 is 1.03 bits per heavy atom. The molecule has 0 radical (unpaired) electrons. The first-order valence-corrected chi connectivity index (χ1v) is 13.4. The Bertz CT molecular complexity index is 1290. The fraction of sp³-hybridized carbons (Fsp3) is 0.167. The van der Waals surface area contributed by atoms with Gasteiger partial charge in [0.15, 0.2) is 5.75 Å². The quantitative estimate of drug-likeness (QED) is 0.0783. The summed E-state index contributed by atoms with van der Waals surface area (Å²) in [7, 11) is -4.72. The van der Waals surface area contributed by atoms with Gasteiger partial charge in [-0.2, -0.15) is 8.42 Å². The number of rotatable bonds is 8. The third-order valence-electron chi connectivity index (χ3n) is 3.81. The van der Waals surface area contributed by atoms with Crippen molar-refractivity contribution in [2.24, 2.45) is 0 Å². The molecule has 1 N–H and O–H groups in total. The van der Waals surface area contributed by atoms with Crippen molar-refractivity contribution in [3.8, 4) is 5.75 Å². The van der Waals surface area contributed by atoms with Crippen LogP contribution in [0.1, 0.15) is 27.6 Å². The summed E-state index contributed by atoms with van der Waals surface area (Å²) in [6.07, 6.45) is 0. The third kappa shape index (κ3) is 7.18. The van der Waals surface area contributed by atoms with Crippen LogP contribution in [0.25, 0.3) is 0 Å². The van der Waals surface area contributed by atoms with Gasteiger partial charge >= 0.3 is 17.9 Å². The van der Waals surface area contributed by atoms with Crippen molar-refractivity contribution in [1.29, 1.82) is 0 Å². The zero-order valence-electron chi connectivity index (χ0n) is 16.7. The molecule has 0 spiro atoms. The molecule has 2 aromatic rings. The van der Waals surface area contributed by atoms with E-state index in [4.69, 9.17) is 18.8 Å². The molecule has 12 nitrogen and oxygen atoms in total. The van der Waals surface area contributed by atoms with Gasteiger partial charge in [-0.3, -0.25) is 19.5 Å². The highest BCUT2D eigenvalue weighted by Gasteiger charge is 2.26. The second kappa shape index (κ2) is 11.9. The summed E-state index contributed by atoms with van der Waals surface area (Å²) in [5, 5.41) is 11.2. The Labute approximate surface area is 233 Å². The van der Waals surface area contributed by atoms with Gasteiger partial charge in [0.05, 0.1) is 17.6 Å². The molecule has 0 aliphatic rings. The first-order chi connectivity index (χ1) is 15.7. The van der Waals surface area contributed by atoms with E-state index in [0.29, 0.717) is 16.8 Å². The fourth-order valence-electron chi connectivity index (χ4n) is 2.41. The smallest absolute Gasteiger partial charge is 0.345 e. The average Bonchev–Trinajstić information content (AvgIpc) is 2.72. The molecule has 0 saturated carbocycles. The molecule has 0 aromatic heterocycles. The zero-order chi connectivity index (χ0) is 25.8. The van der Waals surface area contributed by atoms with E-state index >= 15 is 0 Å². The lowest BCUT2D eigenvalue weighted by Gasteiger charge is -2.13. The number of ether oxygens (including phenoxy) is 3. The lowest BCUT2D eigenvalue weighted by Crippen LogP contribution is -2.17. The van der Waals surface area contributed by atoms with E-state index < -0.39 is 62.3 Å². The fourth-order valence-corrected chi connectivity index (χ4v) is 6.94. The number of carbonyl (C=O) groups excluding carboxylic acids is 3. The second-order valence-electron chi connectivity index (χ2n) is 6.13. The number of carbonyl (C=O) groups is 3. The van der Waals surface area contributed by atoms with Crippen molar-refractivity contribution in [3.05, 3.63) is 56.2 Å². The van der Waals surface area contributed by atoms with Crippen LogP contribution in [0.3, 0.4) is 0 Å². The van der Waals surface area contributed by atoms with Gasteiger partial charge in [-0.1, -0.05) is 0 Å². The molecule has 34 heavy (non-hydrogen) atoms.